The Labute approximate surface area is 130 Å². The third kappa shape index (κ3) is 2.69. The average molecular weight is 318 g/mol. The maximum atomic E-state index is 12.4. The molecule has 1 aliphatic rings. The van der Waals surface area contributed by atoms with Crippen LogP contribution in [-0.4, -0.2) is 16.6 Å². The predicted octanol–water partition coefficient (Wildman–Crippen LogP) is 2.87. The first kappa shape index (κ1) is 14.2. The number of fused-ring (bicyclic) bond motifs is 1. The Morgan fingerprint density at radius 2 is 2.10 bits per heavy atom. The summed E-state index contributed by atoms with van der Waals surface area (Å²) in [5.41, 5.74) is 0.760. The molecule has 1 unspecified atom stereocenters. The number of amides is 2. The number of nitrogens with one attached hydrogen (secondary N) is 2. The van der Waals surface area contributed by atoms with Crippen molar-refractivity contribution in [3.05, 3.63) is 46.7 Å². The van der Waals surface area contributed by atoms with Crippen molar-refractivity contribution in [1.82, 2.24) is 5.32 Å². The van der Waals surface area contributed by atoms with E-state index < -0.39 is 4.75 Å². The quantitative estimate of drug-likeness (QED) is 0.856. The third-order valence-electron chi connectivity index (χ3n) is 3.32. The van der Waals surface area contributed by atoms with Gasteiger partial charge in [0.15, 0.2) is 4.75 Å². The van der Waals surface area contributed by atoms with Crippen LogP contribution in [0.15, 0.2) is 46.7 Å². The number of thiophene rings is 1. The van der Waals surface area contributed by atoms with Crippen molar-refractivity contribution in [2.24, 2.45) is 0 Å². The summed E-state index contributed by atoms with van der Waals surface area (Å²) in [6.07, 6.45) is 0. The molecule has 6 heteroatoms. The fourth-order valence-corrected chi connectivity index (χ4v) is 3.83. The molecule has 21 heavy (non-hydrogen) atoms. The number of hydrogen-bond donors (Lipinski definition) is 2. The van der Waals surface area contributed by atoms with Gasteiger partial charge in [-0.05, 0) is 30.5 Å². The lowest BCUT2D eigenvalue weighted by Gasteiger charge is -2.31. The van der Waals surface area contributed by atoms with E-state index in [0.29, 0.717) is 6.54 Å². The fraction of sp³-hybridized carbons (Fsp3) is 0.200. The molecule has 1 aromatic carbocycles. The van der Waals surface area contributed by atoms with Crippen LogP contribution < -0.4 is 10.6 Å². The number of carbonyl (C=O) groups is 2. The zero-order valence-corrected chi connectivity index (χ0v) is 13.0. The summed E-state index contributed by atoms with van der Waals surface area (Å²) in [5, 5.41) is 7.61. The second-order valence-electron chi connectivity index (χ2n) is 4.85. The second kappa shape index (κ2) is 5.54. The monoisotopic (exact) mass is 318 g/mol. The van der Waals surface area contributed by atoms with Crippen LogP contribution in [0.5, 0.6) is 0 Å². The van der Waals surface area contributed by atoms with Crippen molar-refractivity contribution in [3.8, 4) is 0 Å². The van der Waals surface area contributed by atoms with Crippen molar-refractivity contribution < 1.29 is 9.59 Å². The highest BCUT2D eigenvalue weighted by Gasteiger charge is 2.45. The van der Waals surface area contributed by atoms with Gasteiger partial charge >= 0.3 is 0 Å². The molecule has 0 aliphatic carbocycles. The van der Waals surface area contributed by atoms with Gasteiger partial charge < -0.3 is 10.6 Å². The van der Waals surface area contributed by atoms with E-state index >= 15 is 0 Å². The molecule has 0 radical (unpaired) electrons. The average Bonchev–Trinajstić information content (AvgIpc) is 2.99. The van der Waals surface area contributed by atoms with Gasteiger partial charge in [-0.15, -0.1) is 11.3 Å². The number of hydrogen-bond acceptors (Lipinski definition) is 4. The van der Waals surface area contributed by atoms with E-state index in [2.05, 4.69) is 10.6 Å². The van der Waals surface area contributed by atoms with E-state index in [4.69, 9.17) is 0 Å². The summed E-state index contributed by atoms with van der Waals surface area (Å²) < 4.78 is -1.15. The van der Waals surface area contributed by atoms with Crippen molar-refractivity contribution in [1.29, 1.82) is 0 Å². The van der Waals surface area contributed by atoms with Gasteiger partial charge in [0.25, 0.3) is 0 Å². The minimum Gasteiger partial charge on any atom is -0.350 e. The molecule has 0 spiro atoms. The van der Waals surface area contributed by atoms with Crippen LogP contribution in [0.3, 0.4) is 0 Å². The SMILES string of the molecule is CC1(C(=O)NCc2cccs2)Sc2ccccc2NC1=O. The van der Waals surface area contributed by atoms with E-state index in [9.17, 15) is 9.59 Å². The van der Waals surface area contributed by atoms with E-state index in [0.717, 1.165) is 15.5 Å². The van der Waals surface area contributed by atoms with Gasteiger partial charge in [0.2, 0.25) is 11.8 Å². The molecular weight excluding hydrogens is 304 g/mol. The van der Waals surface area contributed by atoms with Crippen molar-refractivity contribution in [2.45, 2.75) is 23.1 Å². The third-order valence-corrected chi connectivity index (χ3v) is 5.55. The maximum absolute atomic E-state index is 12.4. The molecule has 1 aromatic heterocycles. The van der Waals surface area contributed by atoms with Crippen molar-refractivity contribution in [3.63, 3.8) is 0 Å². The lowest BCUT2D eigenvalue weighted by molar-refractivity contribution is -0.130. The van der Waals surface area contributed by atoms with Crippen molar-refractivity contribution >= 4 is 40.6 Å². The second-order valence-corrected chi connectivity index (χ2v) is 7.34. The molecule has 108 valence electrons. The molecule has 1 aliphatic heterocycles. The normalized spacial score (nSPS) is 20.5. The summed E-state index contributed by atoms with van der Waals surface area (Å²) in [6, 6.07) is 11.4. The summed E-state index contributed by atoms with van der Waals surface area (Å²) >= 11 is 2.87. The number of rotatable bonds is 3. The first-order chi connectivity index (χ1) is 10.1. The molecule has 0 bridgehead atoms. The standard InChI is InChI=1S/C15H14N2O2S2/c1-15(13(18)16-9-10-5-4-8-20-10)14(19)17-11-6-2-3-7-12(11)21-15/h2-8H,9H2,1H3,(H,16,18)(H,17,19). The van der Waals surface area contributed by atoms with E-state index in [1.807, 2.05) is 41.8 Å². The van der Waals surface area contributed by atoms with Crippen LogP contribution in [0, 0.1) is 0 Å². The fourth-order valence-electron chi connectivity index (χ4n) is 2.07. The summed E-state index contributed by atoms with van der Waals surface area (Å²) in [6.45, 7) is 2.11. The van der Waals surface area contributed by atoms with Crippen molar-refractivity contribution in [2.75, 3.05) is 5.32 Å². The minimum absolute atomic E-state index is 0.270. The van der Waals surface area contributed by atoms with Gasteiger partial charge in [0, 0.05) is 9.77 Å². The van der Waals surface area contributed by atoms with Crippen LogP contribution in [0.1, 0.15) is 11.8 Å². The Morgan fingerprint density at radius 3 is 2.86 bits per heavy atom. The van der Waals surface area contributed by atoms with E-state index in [-0.39, 0.29) is 11.8 Å². The number of anilines is 1. The Bertz CT molecular complexity index is 685. The van der Waals surface area contributed by atoms with Gasteiger partial charge in [-0.3, -0.25) is 9.59 Å². The molecule has 2 N–H and O–H groups in total. The number of thioether (sulfide) groups is 1. The first-order valence-corrected chi connectivity index (χ1v) is 8.19. The summed E-state index contributed by atoms with van der Waals surface area (Å²) in [4.78, 5) is 26.7. The molecule has 2 amide bonds. The van der Waals surface area contributed by atoms with Gasteiger partial charge in [-0.25, -0.2) is 0 Å². The van der Waals surface area contributed by atoms with Crippen LogP contribution in [0.25, 0.3) is 0 Å². The molecule has 3 rings (SSSR count). The number of benzene rings is 1. The van der Waals surface area contributed by atoms with Gasteiger partial charge in [0.1, 0.15) is 0 Å². The molecule has 0 saturated heterocycles. The number of carbonyl (C=O) groups excluding carboxylic acids is 2. The Hall–Kier alpha value is -1.79. The highest BCUT2D eigenvalue weighted by atomic mass is 32.2. The Balaban J connectivity index is 1.77. The molecule has 0 fully saturated rings. The topological polar surface area (TPSA) is 58.2 Å². The van der Waals surface area contributed by atoms with Crippen LogP contribution in [0.2, 0.25) is 0 Å². The molecule has 2 aromatic rings. The lowest BCUT2D eigenvalue weighted by atomic mass is 10.1. The van der Waals surface area contributed by atoms with Crippen LogP contribution >= 0.6 is 23.1 Å². The smallest absolute Gasteiger partial charge is 0.250 e. The van der Waals surface area contributed by atoms with E-state index in [1.54, 1.807) is 18.3 Å². The largest absolute Gasteiger partial charge is 0.350 e. The van der Waals surface area contributed by atoms with Crippen LogP contribution in [-0.2, 0) is 16.1 Å². The van der Waals surface area contributed by atoms with Gasteiger partial charge in [-0.1, -0.05) is 30.0 Å². The predicted molar refractivity (Wildman–Crippen MR) is 85.5 cm³/mol. The molecule has 1 atom stereocenters. The van der Waals surface area contributed by atoms with Crippen LogP contribution in [0.4, 0.5) is 5.69 Å². The minimum atomic E-state index is -1.15. The van der Waals surface area contributed by atoms with Gasteiger partial charge in [0.05, 0.1) is 12.2 Å². The molecule has 0 saturated carbocycles. The maximum Gasteiger partial charge on any atom is 0.250 e. The first-order valence-electron chi connectivity index (χ1n) is 6.50. The summed E-state index contributed by atoms with van der Waals surface area (Å²) in [7, 11) is 0. The Kier molecular flexibility index (Phi) is 3.73. The Morgan fingerprint density at radius 1 is 1.29 bits per heavy atom. The van der Waals surface area contributed by atoms with E-state index in [1.165, 1.54) is 11.8 Å². The molecule has 4 nitrogen and oxygen atoms in total. The number of para-hydroxylation sites is 1. The molecule has 2 heterocycles. The zero-order valence-electron chi connectivity index (χ0n) is 11.4. The molecular formula is C15H14N2O2S2. The lowest BCUT2D eigenvalue weighted by Crippen LogP contribution is -2.51. The highest BCUT2D eigenvalue weighted by Crippen LogP contribution is 2.42. The van der Waals surface area contributed by atoms with Gasteiger partial charge in [-0.2, -0.15) is 0 Å². The zero-order chi connectivity index (χ0) is 14.9. The highest BCUT2D eigenvalue weighted by molar-refractivity contribution is 8.02. The summed E-state index contributed by atoms with van der Waals surface area (Å²) in [5.74, 6) is -0.553.